The SMILES string of the molecule is CC1=CC2CC=C(C(=O)Oc3ccc(OC(=O)c4ccc5cc(C)ccc5c4)cc3)C=C2C=C1. The summed E-state index contributed by atoms with van der Waals surface area (Å²) in [4.78, 5) is 25.2. The molecule has 0 fully saturated rings. The van der Waals surface area contributed by atoms with Gasteiger partial charge in [-0.05, 0) is 79.1 Å². The quantitative estimate of drug-likeness (QED) is 0.331. The minimum absolute atomic E-state index is 0.322. The van der Waals surface area contributed by atoms with Crippen LogP contribution in [0.3, 0.4) is 0 Å². The van der Waals surface area contributed by atoms with E-state index in [2.05, 4.69) is 31.2 Å². The number of hydrogen-bond donors (Lipinski definition) is 0. The fraction of sp³-hybridized carbons (Fsp3) is 0.133. The van der Waals surface area contributed by atoms with Gasteiger partial charge in [-0.3, -0.25) is 0 Å². The predicted octanol–water partition coefficient (Wildman–Crippen LogP) is 6.66. The lowest BCUT2D eigenvalue weighted by atomic mass is 9.84. The van der Waals surface area contributed by atoms with Gasteiger partial charge in [0.25, 0.3) is 0 Å². The number of benzene rings is 3. The Morgan fingerprint density at radius 2 is 1.47 bits per heavy atom. The van der Waals surface area contributed by atoms with Gasteiger partial charge in [-0.1, -0.05) is 59.7 Å². The smallest absolute Gasteiger partial charge is 0.343 e. The second kappa shape index (κ2) is 8.99. The van der Waals surface area contributed by atoms with Crippen LogP contribution in [0.25, 0.3) is 10.8 Å². The van der Waals surface area contributed by atoms with Crippen molar-refractivity contribution in [3.8, 4) is 11.5 Å². The fourth-order valence-electron chi connectivity index (χ4n) is 4.21. The molecule has 34 heavy (non-hydrogen) atoms. The lowest BCUT2D eigenvalue weighted by molar-refractivity contribution is -0.129. The average molecular weight is 449 g/mol. The normalized spacial score (nSPS) is 16.8. The second-order valence-electron chi connectivity index (χ2n) is 8.71. The average Bonchev–Trinajstić information content (AvgIpc) is 2.84. The maximum atomic E-state index is 12.6. The molecular formula is C30H24O4. The van der Waals surface area contributed by atoms with E-state index in [0.29, 0.717) is 28.6 Å². The molecule has 168 valence electrons. The molecule has 5 rings (SSSR count). The van der Waals surface area contributed by atoms with E-state index in [4.69, 9.17) is 9.47 Å². The Morgan fingerprint density at radius 1 is 0.794 bits per heavy atom. The number of aryl methyl sites for hydroxylation is 1. The highest BCUT2D eigenvalue weighted by molar-refractivity contribution is 5.96. The number of carbonyl (C=O) groups is 2. The van der Waals surface area contributed by atoms with Gasteiger partial charge in [-0.2, -0.15) is 0 Å². The number of allylic oxidation sites excluding steroid dienone is 6. The van der Waals surface area contributed by atoms with Crippen LogP contribution in [0.1, 0.15) is 29.3 Å². The molecule has 4 heteroatoms. The summed E-state index contributed by atoms with van der Waals surface area (Å²) in [6, 6.07) is 18.1. The fourth-order valence-corrected chi connectivity index (χ4v) is 4.21. The zero-order chi connectivity index (χ0) is 23.7. The summed E-state index contributed by atoms with van der Waals surface area (Å²) < 4.78 is 11.0. The Kier molecular flexibility index (Phi) is 5.72. The number of fused-ring (bicyclic) bond motifs is 2. The van der Waals surface area contributed by atoms with Gasteiger partial charge in [0.15, 0.2) is 0 Å². The summed E-state index contributed by atoms with van der Waals surface area (Å²) in [7, 11) is 0. The van der Waals surface area contributed by atoms with E-state index in [0.717, 1.165) is 22.8 Å². The first-order chi connectivity index (χ1) is 16.4. The van der Waals surface area contributed by atoms with Crippen molar-refractivity contribution in [3.63, 3.8) is 0 Å². The molecular weight excluding hydrogens is 424 g/mol. The molecule has 0 heterocycles. The van der Waals surface area contributed by atoms with Crippen molar-refractivity contribution >= 4 is 22.7 Å². The van der Waals surface area contributed by atoms with E-state index in [-0.39, 0.29) is 0 Å². The van der Waals surface area contributed by atoms with Gasteiger partial charge in [-0.15, -0.1) is 0 Å². The monoisotopic (exact) mass is 448 g/mol. The molecule has 0 saturated heterocycles. The van der Waals surface area contributed by atoms with Crippen molar-refractivity contribution in [1.29, 1.82) is 0 Å². The standard InChI is InChI=1S/C30H24O4/c1-19-3-5-23-17-25(9-7-21(23)15-19)29(31)33-27-11-13-28(14-12-27)34-30(32)26-10-8-22-16-20(2)4-6-24(22)18-26/h3-7,9-18,22H,8H2,1-2H3. The summed E-state index contributed by atoms with van der Waals surface area (Å²) in [5, 5.41) is 2.06. The van der Waals surface area contributed by atoms with Gasteiger partial charge in [-0.25, -0.2) is 9.59 Å². The molecule has 0 radical (unpaired) electrons. The minimum atomic E-state index is -0.439. The van der Waals surface area contributed by atoms with Crippen LogP contribution in [0, 0.1) is 12.8 Å². The van der Waals surface area contributed by atoms with Crippen molar-refractivity contribution in [2.45, 2.75) is 20.3 Å². The van der Waals surface area contributed by atoms with Crippen molar-refractivity contribution in [3.05, 3.63) is 119 Å². The largest absolute Gasteiger partial charge is 0.423 e. The minimum Gasteiger partial charge on any atom is -0.423 e. The van der Waals surface area contributed by atoms with E-state index in [1.807, 2.05) is 43.3 Å². The molecule has 3 aromatic rings. The van der Waals surface area contributed by atoms with E-state index in [1.165, 1.54) is 11.1 Å². The zero-order valence-electron chi connectivity index (χ0n) is 19.1. The van der Waals surface area contributed by atoms with Gasteiger partial charge in [0.2, 0.25) is 0 Å². The number of rotatable bonds is 4. The number of ether oxygens (including phenoxy) is 2. The molecule has 0 aromatic heterocycles. The molecule has 0 amide bonds. The van der Waals surface area contributed by atoms with E-state index in [1.54, 1.807) is 30.3 Å². The topological polar surface area (TPSA) is 52.6 Å². The Balaban J connectivity index is 1.22. The molecule has 3 aromatic carbocycles. The first-order valence-electron chi connectivity index (χ1n) is 11.3. The highest BCUT2D eigenvalue weighted by atomic mass is 16.5. The summed E-state index contributed by atoms with van der Waals surface area (Å²) in [6.07, 6.45) is 10.9. The Bertz CT molecular complexity index is 1420. The summed E-state index contributed by atoms with van der Waals surface area (Å²) >= 11 is 0. The third kappa shape index (κ3) is 4.62. The Labute approximate surface area is 198 Å². The summed E-state index contributed by atoms with van der Waals surface area (Å²) in [6.45, 7) is 4.11. The molecule has 0 spiro atoms. The number of carbonyl (C=O) groups excluding carboxylic acids is 2. The van der Waals surface area contributed by atoms with Crippen LogP contribution in [0.5, 0.6) is 11.5 Å². The van der Waals surface area contributed by atoms with Crippen molar-refractivity contribution in [2.75, 3.05) is 0 Å². The summed E-state index contributed by atoms with van der Waals surface area (Å²) in [5.74, 6) is 0.252. The first-order valence-corrected chi connectivity index (χ1v) is 11.3. The summed E-state index contributed by atoms with van der Waals surface area (Å²) in [5.41, 5.74) is 4.54. The third-order valence-electron chi connectivity index (χ3n) is 6.06. The number of esters is 2. The Hall–Kier alpha value is -4.18. The number of hydrogen-bond acceptors (Lipinski definition) is 4. The third-order valence-corrected chi connectivity index (χ3v) is 6.06. The van der Waals surface area contributed by atoms with Crippen LogP contribution in [0.2, 0.25) is 0 Å². The lowest BCUT2D eigenvalue weighted by Crippen LogP contribution is -2.15. The Morgan fingerprint density at radius 3 is 2.24 bits per heavy atom. The predicted molar refractivity (Wildman–Crippen MR) is 133 cm³/mol. The molecule has 1 unspecified atom stereocenters. The van der Waals surface area contributed by atoms with Crippen LogP contribution >= 0.6 is 0 Å². The first kappa shape index (κ1) is 21.7. The van der Waals surface area contributed by atoms with Gasteiger partial charge >= 0.3 is 11.9 Å². The molecule has 0 saturated carbocycles. The lowest BCUT2D eigenvalue weighted by Gasteiger charge is -2.21. The maximum Gasteiger partial charge on any atom is 0.343 e. The van der Waals surface area contributed by atoms with Crippen LogP contribution in [-0.2, 0) is 4.79 Å². The second-order valence-corrected chi connectivity index (χ2v) is 8.71. The van der Waals surface area contributed by atoms with Crippen LogP contribution in [0.15, 0.2) is 108 Å². The zero-order valence-corrected chi connectivity index (χ0v) is 19.1. The molecule has 4 nitrogen and oxygen atoms in total. The van der Waals surface area contributed by atoms with E-state index >= 15 is 0 Å². The van der Waals surface area contributed by atoms with Crippen LogP contribution in [0.4, 0.5) is 0 Å². The van der Waals surface area contributed by atoms with E-state index in [9.17, 15) is 9.59 Å². The van der Waals surface area contributed by atoms with Gasteiger partial charge in [0.1, 0.15) is 11.5 Å². The van der Waals surface area contributed by atoms with Gasteiger partial charge in [0, 0.05) is 5.92 Å². The highest BCUT2D eigenvalue weighted by Gasteiger charge is 2.21. The maximum absolute atomic E-state index is 12.6. The van der Waals surface area contributed by atoms with Crippen LogP contribution in [-0.4, -0.2) is 11.9 Å². The van der Waals surface area contributed by atoms with Crippen molar-refractivity contribution in [1.82, 2.24) is 0 Å². The molecule has 0 aliphatic heterocycles. The van der Waals surface area contributed by atoms with Crippen LogP contribution < -0.4 is 9.47 Å². The molecule has 2 aliphatic carbocycles. The highest BCUT2D eigenvalue weighted by Crippen LogP contribution is 2.31. The van der Waals surface area contributed by atoms with Gasteiger partial charge in [0.05, 0.1) is 11.1 Å². The van der Waals surface area contributed by atoms with Crippen molar-refractivity contribution < 1.29 is 19.1 Å². The molecule has 0 N–H and O–H groups in total. The van der Waals surface area contributed by atoms with Gasteiger partial charge < -0.3 is 9.47 Å². The van der Waals surface area contributed by atoms with E-state index < -0.39 is 11.9 Å². The van der Waals surface area contributed by atoms with Crippen molar-refractivity contribution in [2.24, 2.45) is 5.92 Å². The molecule has 0 bridgehead atoms. The molecule has 2 aliphatic rings. The molecule has 1 atom stereocenters.